The van der Waals surface area contributed by atoms with Crippen LogP contribution in [0.1, 0.15) is 26.6 Å². The Bertz CT molecular complexity index is 651. The lowest BCUT2D eigenvalue weighted by Gasteiger charge is -2.18. The molecule has 0 saturated heterocycles. The number of hydrogen-bond acceptors (Lipinski definition) is 4. The lowest BCUT2D eigenvalue weighted by atomic mass is 9.95. The third kappa shape index (κ3) is 3.53. The Labute approximate surface area is 133 Å². The van der Waals surface area contributed by atoms with Gasteiger partial charge in [-0.15, -0.1) is 0 Å². The highest BCUT2D eigenvalue weighted by Crippen LogP contribution is 2.34. The first kappa shape index (κ1) is 15.8. The summed E-state index contributed by atoms with van der Waals surface area (Å²) >= 11 is 3.46. The van der Waals surface area contributed by atoms with Crippen LogP contribution < -0.4 is 9.47 Å². The molecule has 0 atom stereocenters. The molecule has 0 bridgehead atoms. The smallest absolute Gasteiger partial charge is 0.135 e. The summed E-state index contributed by atoms with van der Waals surface area (Å²) in [5.41, 5.74) is 1.55. The SMILES string of the molecule is COc1ccc(OC)c(-c2cc(Br)nc(C(C)(C)C)n2)c1. The molecular weight excluding hydrogens is 332 g/mol. The molecule has 1 aromatic carbocycles. The number of benzene rings is 1. The van der Waals surface area contributed by atoms with E-state index in [4.69, 9.17) is 9.47 Å². The number of rotatable bonds is 3. The average molecular weight is 351 g/mol. The quantitative estimate of drug-likeness (QED) is 0.777. The van der Waals surface area contributed by atoms with Gasteiger partial charge >= 0.3 is 0 Å². The Balaban J connectivity index is 2.63. The first-order chi connectivity index (χ1) is 9.85. The van der Waals surface area contributed by atoms with E-state index in [0.717, 1.165) is 33.2 Å². The molecule has 2 rings (SSSR count). The van der Waals surface area contributed by atoms with Crippen LogP contribution in [0.5, 0.6) is 11.5 Å². The highest BCUT2D eigenvalue weighted by atomic mass is 79.9. The number of methoxy groups -OCH3 is 2. The van der Waals surface area contributed by atoms with Crippen molar-refractivity contribution >= 4 is 15.9 Å². The second-order valence-electron chi connectivity index (χ2n) is 5.72. The zero-order chi connectivity index (χ0) is 15.6. The van der Waals surface area contributed by atoms with Crippen LogP contribution in [0.3, 0.4) is 0 Å². The number of ether oxygens (including phenoxy) is 2. The van der Waals surface area contributed by atoms with Gasteiger partial charge in [-0.2, -0.15) is 0 Å². The Morgan fingerprint density at radius 1 is 1.00 bits per heavy atom. The lowest BCUT2D eigenvalue weighted by Crippen LogP contribution is -2.16. The molecule has 4 nitrogen and oxygen atoms in total. The highest BCUT2D eigenvalue weighted by molar-refractivity contribution is 9.10. The van der Waals surface area contributed by atoms with Crippen molar-refractivity contribution in [1.29, 1.82) is 0 Å². The molecule has 1 heterocycles. The molecule has 0 fully saturated rings. The highest BCUT2D eigenvalue weighted by Gasteiger charge is 2.20. The van der Waals surface area contributed by atoms with Crippen LogP contribution in [0.15, 0.2) is 28.9 Å². The van der Waals surface area contributed by atoms with E-state index in [9.17, 15) is 0 Å². The molecular formula is C16H19BrN2O2. The zero-order valence-corrected chi connectivity index (χ0v) is 14.5. The van der Waals surface area contributed by atoms with Crippen LogP contribution in [0.4, 0.5) is 0 Å². The van der Waals surface area contributed by atoms with Gasteiger partial charge < -0.3 is 9.47 Å². The molecule has 0 aliphatic heterocycles. The van der Waals surface area contributed by atoms with Crippen molar-refractivity contribution in [3.8, 4) is 22.8 Å². The van der Waals surface area contributed by atoms with Crippen molar-refractivity contribution in [2.75, 3.05) is 14.2 Å². The molecule has 0 radical (unpaired) electrons. The average Bonchev–Trinajstić information content (AvgIpc) is 2.45. The van der Waals surface area contributed by atoms with E-state index < -0.39 is 0 Å². The van der Waals surface area contributed by atoms with E-state index in [1.54, 1.807) is 14.2 Å². The summed E-state index contributed by atoms with van der Waals surface area (Å²) in [4.78, 5) is 9.14. The van der Waals surface area contributed by atoms with E-state index in [1.807, 2.05) is 24.3 Å². The summed E-state index contributed by atoms with van der Waals surface area (Å²) in [6.45, 7) is 6.25. The van der Waals surface area contributed by atoms with Crippen molar-refractivity contribution in [3.63, 3.8) is 0 Å². The van der Waals surface area contributed by atoms with Gasteiger partial charge in [-0.05, 0) is 40.2 Å². The van der Waals surface area contributed by atoms with Crippen molar-refractivity contribution in [3.05, 3.63) is 34.7 Å². The lowest BCUT2D eigenvalue weighted by molar-refractivity contribution is 0.404. The molecule has 0 saturated carbocycles. The van der Waals surface area contributed by atoms with E-state index in [-0.39, 0.29) is 5.41 Å². The molecule has 5 heteroatoms. The summed E-state index contributed by atoms with van der Waals surface area (Å²) in [7, 11) is 3.29. The van der Waals surface area contributed by atoms with Crippen molar-refractivity contribution in [2.24, 2.45) is 0 Å². The normalized spacial score (nSPS) is 11.3. The Kier molecular flexibility index (Phi) is 4.52. The van der Waals surface area contributed by atoms with E-state index in [0.29, 0.717) is 0 Å². The van der Waals surface area contributed by atoms with Gasteiger partial charge in [0.1, 0.15) is 21.9 Å². The van der Waals surface area contributed by atoms with Crippen molar-refractivity contribution in [2.45, 2.75) is 26.2 Å². The van der Waals surface area contributed by atoms with Gasteiger partial charge in [0.15, 0.2) is 0 Å². The maximum absolute atomic E-state index is 5.43. The Hall–Kier alpha value is -1.62. The third-order valence-electron chi connectivity index (χ3n) is 3.05. The van der Waals surface area contributed by atoms with Gasteiger partial charge in [-0.25, -0.2) is 9.97 Å². The molecule has 0 unspecified atom stereocenters. The van der Waals surface area contributed by atoms with Gasteiger partial charge in [-0.3, -0.25) is 0 Å². The fourth-order valence-corrected chi connectivity index (χ4v) is 2.29. The van der Waals surface area contributed by atoms with E-state index >= 15 is 0 Å². The summed E-state index contributed by atoms with van der Waals surface area (Å²) in [6, 6.07) is 7.54. The summed E-state index contributed by atoms with van der Waals surface area (Å²) in [6.07, 6.45) is 0. The minimum Gasteiger partial charge on any atom is -0.497 e. The Morgan fingerprint density at radius 2 is 1.71 bits per heavy atom. The fourth-order valence-electron chi connectivity index (χ4n) is 1.91. The standard InChI is InChI=1S/C16H19BrN2O2/c1-16(2,3)15-18-12(9-14(17)19-15)11-8-10(20-4)6-7-13(11)21-5/h6-9H,1-5H3. The summed E-state index contributed by atoms with van der Waals surface area (Å²) < 4.78 is 11.5. The second kappa shape index (κ2) is 6.02. The van der Waals surface area contributed by atoms with Gasteiger partial charge in [-0.1, -0.05) is 20.8 Å². The third-order valence-corrected chi connectivity index (χ3v) is 3.45. The largest absolute Gasteiger partial charge is 0.497 e. The van der Waals surface area contributed by atoms with Crippen LogP contribution in [0, 0.1) is 0 Å². The monoisotopic (exact) mass is 350 g/mol. The number of hydrogen-bond donors (Lipinski definition) is 0. The van der Waals surface area contributed by atoms with Gasteiger partial charge in [0.25, 0.3) is 0 Å². The number of halogens is 1. The van der Waals surface area contributed by atoms with Crippen molar-refractivity contribution in [1.82, 2.24) is 9.97 Å². The maximum atomic E-state index is 5.43. The molecule has 1 aromatic heterocycles. The van der Waals surface area contributed by atoms with Crippen LogP contribution in [0.2, 0.25) is 0 Å². The van der Waals surface area contributed by atoms with Crippen LogP contribution in [-0.4, -0.2) is 24.2 Å². The minimum absolute atomic E-state index is 0.134. The van der Waals surface area contributed by atoms with E-state index in [2.05, 4.69) is 46.7 Å². The molecule has 0 amide bonds. The predicted molar refractivity (Wildman–Crippen MR) is 87.0 cm³/mol. The van der Waals surface area contributed by atoms with Crippen LogP contribution in [0.25, 0.3) is 11.3 Å². The molecule has 0 aliphatic rings. The van der Waals surface area contributed by atoms with Gasteiger partial charge in [0, 0.05) is 11.0 Å². The maximum Gasteiger partial charge on any atom is 0.135 e. The minimum atomic E-state index is -0.134. The number of aromatic nitrogens is 2. The number of nitrogens with zero attached hydrogens (tertiary/aromatic N) is 2. The Morgan fingerprint density at radius 3 is 2.29 bits per heavy atom. The van der Waals surface area contributed by atoms with Crippen LogP contribution >= 0.6 is 15.9 Å². The van der Waals surface area contributed by atoms with Crippen molar-refractivity contribution < 1.29 is 9.47 Å². The first-order valence-corrected chi connectivity index (χ1v) is 7.42. The predicted octanol–water partition coefficient (Wildman–Crippen LogP) is 4.22. The summed E-state index contributed by atoms with van der Waals surface area (Å²) in [5, 5.41) is 0. The first-order valence-electron chi connectivity index (χ1n) is 6.62. The molecule has 0 spiro atoms. The molecule has 112 valence electrons. The second-order valence-corrected chi connectivity index (χ2v) is 6.53. The van der Waals surface area contributed by atoms with Gasteiger partial charge in [0.2, 0.25) is 0 Å². The fraction of sp³-hybridized carbons (Fsp3) is 0.375. The molecule has 0 aliphatic carbocycles. The topological polar surface area (TPSA) is 44.2 Å². The van der Waals surface area contributed by atoms with Gasteiger partial charge in [0.05, 0.1) is 19.9 Å². The van der Waals surface area contributed by atoms with E-state index in [1.165, 1.54) is 0 Å². The molecule has 0 N–H and O–H groups in total. The summed E-state index contributed by atoms with van der Waals surface area (Å²) in [5.74, 6) is 2.29. The zero-order valence-electron chi connectivity index (χ0n) is 12.9. The molecule has 2 aromatic rings. The molecule has 21 heavy (non-hydrogen) atoms. The van der Waals surface area contributed by atoms with Crippen LogP contribution in [-0.2, 0) is 5.41 Å².